The van der Waals surface area contributed by atoms with Gasteiger partial charge in [-0.05, 0) is 48.5 Å². The molecule has 2 aromatic carbocycles. The Labute approximate surface area is 165 Å². The molecule has 0 saturated heterocycles. The molecule has 0 fully saturated rings. The van der Waals surface area contributed by atoms with E-state index in [4.69, 9.17) is 9.47 Å². The topological polar surface area (TPSA) is 71.1 Å². The van der Waals surface area contributed by atoms with Crippen LogP contribution in [0.2, 0.25) is 0 Å². The van der Waals surface area contributed by atoms with Gasteiger partial charge in [0.1, 0.15) is 24.7 Å². The van der Waals surface area contributed by atoms with Crippen molar-refractivity contribution < 1.29 is 19.1 Å². The van der Waals surface area contributed by atoms with Gasteiger partial charge in [-0.3, -0.25) is 9.59 Å². The first-order valence-corrected chi connectivity index (χ1v) is 8.99. The first kappa shape index (κ1) is 21.1. The Kier molecular flexibility index (Phi) is 7.68. The van der Waals surface area contributed by atoms with Crippen LogP contribution in [-0.2, 0) is 9.59 Å². The Morgan fingerprint density at radius 3 is 2.04 bits per heavy atom. The molecule has 0 unspecified atom stereocenters. The van der Waals surface area contributed by atoms with Crippen molar-refractivity contribution in [2.24, 2.45) is 0 Å². The minimum atomic E-state index is -0.245. The zero-order valence-electron chi connectivity index (χ0n) is 16.8. The molecular formula is C21H27N3O4. The number of carbonyl (C=O) groups excluding carboxylic acids is 2. The molecule has 7 nitrogen and oxygen atoms in total. The fourth-order valence-electron chi connectivity index (χ4n) is 2.55. The number of ether oxygens (including phenoxy) is 2. The van der Waals surface area contributed by atoms with Crippen LogP contribution in [0.1, 0.15) is 6.92 Å². The number of amides is 2. The number of benzene rings is 2. The summed E-state index contributed by atoms with van der Waals surface area (Å²) in [6.07, 6.45) is 0. The van der Waals surface area contributed by atoms with Crippen molar-refractivity contribution >= 4 is 23.2 Å². The first-order valence-electron chi connectivity index (χ1n) is 8.99. The molecule has 2 amide bonds. The molecule has 0 atom stereocenters. The second-order valence-corrected chi connectivity index (χ2v) is 6.39. The quantitative estimate of drug-likeness (QED) is 0.671. The van der Waals surface area contributed by atoms with Crippen LogP contribution in [0.25, 0.3) is 0 Å². The standard InChI is InChI=1S/C21H27N3O4/c1-16(25)24(18-7-5-17(6-8-18)23(2)3)15-21(26)22-13-14-28-20-11-9-19(27-4)10-12-20/h5-12H,13-15H2,1-4H3,(H,22,26). The van der Waals surface area contributed by atoms with E-state index < -0.39 is 0 Å². The van der Waals surface area contributed by atoms with Gasteiger partial charge in [-0.25, -0.2) is 0 Å². The van der Waals surface area contributed by atoms with Gasteiger partial charge in [-0.15, -0.1) is 0 Å². The Hall–Kier alpha value is -3.22. The minimum absolute atomic E-state index is 0.0425. The van der Waals surface area contributed by atoms with Gasteiger partial charge < -0.3 is 24.6 Å². The molecule has 2 rings (SSSR count). The smallest absolute Gasteiger partial charge is 0.240 e. The Bertz CT molecular complexity index is 773. The molecular weight excluding hydrogens is 358 g/mol. The highest BCUT2D eigenvalue weighted by Gasteiger charge is 2.15. The predicted molar refractivity (Wildman–Crippen MR) is 110 cm³/mol. The third-order valence-electron chi connectivity index (χ3n) is 4.11. The second kappa shape index (κ2) is 10.2. The number of rotatable bonds is 9. The largest absolute Gasteiger partial charge is 0.497 e. The van der Waals surface area contributed by atoms with E-state index in [-0.39, 0.29) is 18.4 Å². The van der Waals surface area contributed by atoms with Crippen molar-refractivity contribution in [3.05, 3.63) is 48.5 Å². The number of hydrogen-bond acceptors (Lipinski definition) is 5. The van der Waals surface area contributed by atoms with E-state index in [0.29, 0.717) is 24.6 Å². The summed E-state index contributed by atoms with van der Waals surface area (Å²) >= 11 is 0. The molecule has 0 saturated carbocycles. The third kappa shape index (κ3) is 6.19. The van der Waals surface area contributed by atoms with Crippen LogP contribution in [0.3, 0.4) is 0 Å². The van der Waals surface area contributed by atoms with Gasteiger partial charge in [-0.2, -0.15) is 0 Å². The van der Waals surface area contributed by atoms with Gasteiger partial charge in [0, 0.05) is 32.4 Å². The Balaban J connectivity index is 1.82. The molecule has 2 aromatic rings. The van der Waals surface area contributed by atoms with Gasteiger partial charge in [-0.1, -0.05) is 0 Å². The molecule has 0 bridgehead atoms. The number of anilines is 2. The fraction of sp³-hybridized carbons (Fsp3) is 0.333. The van der Waals surface area contributed by atoms with Crippen LogP contribution in [0.15, 0.2) is 48.5 Å². The number of carbonyl (C=O) groups is 2. The number of nitrogens with one attached hydrogen (secondary N) is 1. The van der Waals surface area contributed by atoms with Crippen molar-refractivity contribution in [3.8, 4) is 11.5 Å². The lowest BCUT2D eigenvalue weighted by atomic mass is 10.2. The van der Waals surface area contributed by atoms with Gasteiger partial charge in [0.05, 0.1) is 13.7 Å². The lowest BCUT2D eigenvalue weighted by Crippen LogP contribution is -2.41. The molecule has 1 N–H and O–H groups in total. The van der Waals surface area contributed by atoms with E-state index in [2.05, 4.69) is 5.32 Å². The highest BCUT2D eigenvalue weighted by atomic mass is 16.5. The van der Waals surface area contributed by atoms with Crippen molar-refractivity contribution in [1.82, 2.24) is 5.32 Å². The Morgan fingerprint density at radius 2 is 1.50 bits per heavy atom. The lowest BCUT2D eigenvalue weighted by molar-refractivity contribution is -0.123. The predicted octanol–water partition coefficient (Wildman–Crippen LogP) is 2.31. The van der Waals surface area contributed by atoms with Crippen LogP contribution < -0.4 is 24.6 Å². The molecule has 7 heteroatoms. The highest BCUT2D eigenvalue weighted by Crippen LogP contribution is 2.19. The van der Waals surface area contributed by atoms with E-state index in [1.54, 1.807) is 31.4 Å². The molecule has 0 heterocycles. The van der Waals surface area contributed by atoms with Gasteiger partial charge in [0.25, 0.3) is 0 Å². The normalized spacial score (nSPS) is 10.1. The number of nitrogens with zero attached hydrogens (tertiary/aromatic N) is 2. The van der Waals surface area contributed by atoms with E-state index >= 15 is 0 Å². The van der Waals surface area contributed by atoms with Crippen LogP contribution in [-0.4, -0.2) is 52.7 Å². The van der Waals surface area contributed by atoms with E-state index in [0.717, 1.165) is 11.4 Å². The average Bonchev–Trinajstić information content (AvgIpc) is 2.69. The molecule has 0 radical (unpaired) electrons. The van der Waals surface area contributed by atoms with Crippen molar-refractivity contribution in [1.29, 1.82) is 0 Å². The summed E-state index contributed by atoms with van der Waals surface area (Å²) in [5.41, 5.74) is 1.70. The van der Waals surface area contributed by atoms with E-state index in [9.17, 15) is 9.59 Å². The number of methoxy groups -OCH3 is 1. The summed E-state index contributed by atoms with van der Waals surface area (Å²) in [6.45, 7) is 2.07. The monoisotopic (exact) mass is 385 g/mol. The van der Waals surface area contributed by atoms with Crippen LogP contribution in [0.4, 0.5) is 11.4 Å². The first-order chi connectivity index (χ1) is 13.4. The maximum absolute atomic E-state index is 12.2. The fourth-order valence-corrected chi connectivity index (χ4v) is 2.55. The summed E-state index contributed by atoms with van der Waals surface area (Å²) in [4.78, 5) is 27.6. The van der Waals surface area contributed by atoms with E-state index in [1.165, 1.54) is 11.8 Å². The summed E-state index contributed by atoms with van der Waals surface area (Å²) in [7, 11) is 5.49. The molecule has 0 aliphatic carbocycles. The van der Waals surface area contributed by atoms with Crippen molar-refractivity contribution in [2.45, 2.75) is 6.92 Å². The molecule has 0 aliphatic rings. The zero-order chi connectivity index (χ0) is 20.5. The maximum atomic E-state index is 12.2. The Morgan fingerprint density at radius 1 is 0.929 bits per heavy atom. The van der Waals surface area contributed by atoms with E-state index in [1.807, 2.05) is 43.3 Å². The molecule has 0 spiro atoms. The van der Waals surface area contributed by atoms with Gasteiger partial charge >= 0.3 is 0 Å². The molecule has 0 aromatic heterocycles. The molecule has 150 valence electrons. The maximum Gasteiger partial charge on any atom is 0.240 e. The zero-order valence-corrected chi connectivity index (χ0v) is 16.8. The number of hydrogen-bond donors (Lipinski definition) is 1. The van der Waals surface area contributed by atoms with Crippen molar-refractivity contribution in [3.63, 3.8) is 0 Å². The summed E-state index contributed by atoms with van der Waals surface area (Å²) in [6, 6.07) is 14.7. The summed E-state index contributed by atoms with van der Waals surface area (Å²) < 4.78 is 10.7. The average molecular weight is 385 g/mol. The van der Waals surface area contributed by atoms with Crippen LogP contribution in [0.5, 0.6) is 11.5 Å². The molecule has 0 aliphatic heterocycles. The molecule has 28 heavy (non-hydrogen) atoms. The van der Waals surface area contributed by atoms with Gasteiger partial charge in [0.15, 0.2) is 0 Å². The minimum Gasteiger partial charge on any atom is -0.497 e. The van der Waals surface area contributed by atoms with Crippen LogP contribution in [0, 0.1) is 0 Å². The van der Waals surface area contributed by atoms with Gasteiger partial charge in [0.2, 0.25) is 11.8 Å². The second-order valence-electron chi connectivity index (χ2n) is 6.39. The lowest BCUT2D eigenvalue weighted by Gasteiger charge is -2.22. The third-order valence-corrected chi connectivity index (χ3v) is 4.11. The van der Waals surface area contributed by atoms with Crippen molar-refractivity contribution in [2.75, 3.05) is 50.7 Å². The summed E-state index contributed by atoms with van der Waals surface area (Å²) in [5.74, 6) is 1.01. The summed E-state index contributed by atoms with van der Waals surface area (Å²) in [5, 5.41) is 2.77. The van der Waals surface area contributed by atoms with Crippen LogP contribution >= 0.6 is 0 Å². The SMILES string of the molecule is COc1ccc(OCCNC(=O)CN(C(C)=O)c2ccc(N(C)C)cc2)cc1. The highest BCUT2D eigenvalue weighted by molar-refractivity contribution is 5.97.